The number of aliphatic carboxylic acids is 1. The van der Waals surface area contributed by atoms with Gasteiger partial charge < -0.3 is 20.5 Å². The molecule has 1 aliphatic rings. The van der Waals surface area contributed by atoms with Crippen LogP contribution in [0.2, 0.25) is 5.02 Å². The first-order valence-electron chi connectivity index (χ1n) is 8.83. The van der Waals surface area contributed by atoms with Crippen molar-refractivity contribution < 1.29 is 27.8 Å². The van der Waals surface area contributed by atoms with Gasteiger partial charge in [-0.3, -0.25) is 0 Å². The van der Waals surface area contributed by atoms with Crippen LogP contribution in [0, 0.1) is 0 Å². The molecule has 2 aromatic carbocycles. The number of alkyl halides is 3. The van der Waals surface area contributed by atoms with E-state index in [2.05, 4.69) is 20.6 Å². The molecular formula is C20H16ClF3N4O3. The molecule has 11 heteroatoms. The van der Waals surface area contributed by atoms with Gasteiger partial charge in [-0.2, -0.15) is 18.2 Å². The Morgan fingerprint density at radius 2 is 1.58 bits per heavy atom. The molecule has 0 radical (unpaired) electrons. The number of ether oxygens (including phenoxy) is 1. The maximum Gasteiger partial charge on any atom is 0.490 e. The molecule has 0 aliphatic carbocycles. The quantitative estimate of drug-likeness (QED) is 0.427. The molecule has 0 fully saturated rings. The summed E-state index contributed by atoms with van der Waals surface area (Å²) in [5.41, 5.74) is 3.97. The molecular weight excluding hydrogens is 437 g/mol. The number of fused-ring (bicyclic) bond motifs is 6. The molecule has 2 heterocycles. The molecule has 4 rings (SSSR count). The Balaban J connectivity index is 0.000000339. The number of halogens is 4. The molecule has 3 aromatic rings. The number of rotatable bonds is 0. The smallest absolute Gasteiger partial charge is 0.475 e. The number of nitrogens with one attached hydrogen (secondary N) is 2. The third kappa shape index (κ3) is 6.56. The number of carboxylic acid groups (broad SMARTS) is 1. The number of carboxylic acids is 1. The van der Waals surface area contributed by atoms with Crippen molar-refractivity contribution in [1.82, 2.24) is 9.97 Å². The Morgan fingerprint density at radius 1 is 1.03 bits per heavy atom. The minimum atomic E-state index is -5.08. The van der Waals surface area contributed by atoms with Gasteiger partial charge in [-0.1, -0.05) is 35.9 Å². The van der Waals surface area contributed by atoms with E-state index in [1.54, 1.807) is 6.20 Å². The maximum atomic E-state index is 10.6. The molecule has 6 bridgehead atoms. The summed E-state index contributed by atoms with van der Waals surface area (Å²) >= 11 is 6.22. The summed E-state index contributed by atoms with van der Waals surface area (Å²) in [5, 5.41) is 14.0. The van der Waals surface area contributed by atoms with Gasteiger partial charge in [0.2, 0.25) is 5.95 Å². The standard InChI is InChI=1S/C18H15ClN4O.C2HF3O2/c19-16-9-20-18-22-15-6-2-4-13(8-15)11-24-10-12-3-1-5-14(7-12)21-17(16)23-18;3-2(4,5)1(6)7/h1-9H,10-11H2,(H2,20,21,22,23);(H,6,7). The van der Waals surface area contributed by atoms with E-state index in [1.807, 2.05) is 48.5 Å². The van der Waals surface area contributed by atoms with Crippen LogP contribution >= 0.6 is 11.6 Å². The highest BCUT2D eigenvalue weighted by Crippen LogP contribution is 2.26. The number of hydrogen-bond donors (Lipinski definition) is 3. The fourth-order valence-electron chi connectivity index (χ4n) is 2.55. The molecule has 0 spiro atoms. The minimum Gasteiger partial charge on any atom is -0.475 e. The van der Waals surface area contributed by atoms with E-state index in [0.717, 1.165) is 22.5 Å². The number of anilines is 4. The number of benzene rings is 2. The van der Waals surface area contributed by atoms with Crippen molar-refractivity contribution in [2.75, 3.05) is 10.6 Å². The zero-order chi connectivity index (χ0) is 22.4. The predicted molar refractivity (Wildman–Crippen MR) is 109 cm³/mol. The van der Waals surface area contributed by atoms with Crippen LogP contribution in [-0.2, 0) is 22.7 Å². The normalized spacial score (nSPS) is 12.9. The fourth-order valence-corrected chi connectivity index (χ4v) is 2.68. The summed E-state index contributed by atoms with van der Waals surface area (Å²) in [6.07, 6.45) is -3.50. The third-order valence-electron chi connectivity index (χ3n) is 3.90. The van der Waals surface area contributed by atoms with Crippen LogP contribution in [0.4, 0.5) is 36.3 Å². The summed E-state index contributed by atoms with van der Waals surface area (Å²) in [6.45, 7) is 1.08. The molecule has 162 valence electrons. The van der Waals surface area contributed by atoms with E-state index < -0.39 is 12.1 Å². The summed E-state index contributed by atoms with van der Waals surface area (Å²) in [6, 6.07) is 16.0. The van der Waals surface area contributed by atoms with Crippen LogP contribution in [0.25, 0.3) is 0 Å². The average molecular weight is 453 g/mol. The Morgan fingerprint density at radius 3 is 2.13 bits per heavy atom. The average Bonchev–Trinajstić information content (AvgIpc) is 2.70. The Hall–Kier alpha value is -3.37. The van der Waals surface area contributed by atoms with E-state index >= 15 is 0 Å². The molecule has 0 atom stereocenters. The highest BCUT2D eigenvalue weighted by Gasteiger charge is 2.38. The molecule has 0 amide bonds. The van der Waals surface area contributed by atoms with Crippen molar-refractivity contribution in [3.8, 4) is 0 Å². The van der Waals surface area contributed by atoms with Crippen molar-refractivity contribution in [3.63, 3.8) is 0 Å². The van der Waals surface area contributed by atoms with Crippen LogP contribution in [0.3, 0.4) is 0 Å². The maximum absolute atomic E-state index is 10.6. The van der Waals surface area contributed by atoms with Gasteiger partial charge in [0.05, 0.1) is 19.4 Å². The van der Waals surface area contributed by atoms with Crippen molar-refractivity contribution in [2.45, 2.75) is 19.4 Å². The van der Waals surface area contributed by atoms with Gasteiger partial charge in [0, 0.05) is 11.4 Å². The zero-order valence-corrected chi connectivity index (χ0v) is 16.5. The Bertz CT molecular complexity index is 1080. The topological polar surface area (TPSA) is 96.4 Å². The number of nitrogens with zero attached hydrogens (tertiary/aromatic N) is 2. The first-order chi connectivity index (χ1) is 14.7. The van der Waals surface area contributed by atoms with Gasteiger partial charge in [-0.15, -0.1) is 0 Å². The first kappa shape index (κ1) is 22.3. The molecule has 3 N–H and O–H groups in total. The first-order valence-corrected chi connectivity index (χ1v) is 9.21. The monoisotopic (exact) mass is 452 g/mol. The molecule has 1 aliphatic heterocycles. The van der Waals surface area contributed by atoms with Crippen molar-refractivity contribution >= 4 is 40.7 Å². The van der Waals surface area contributed by atoms with E-state index in [-0.39, 0.29) is 0 Å². The van der Waals surface area contributed by atoms with Gasteiger partial charge >= 0.3 is 12.1 Å². The van der Waals surface area contributed by atoms with E-state index in [9.17, 15) is 13.2 Å². The minimum absolute atomic E-state index is 0.461. The lowest BCUT2D eigenvalue weighted by Gasteiger charge is -2.13. The largest absolute Gasteiger partial charge is 0.490 e. The van der Waals surface area contributed by atoms with Crippen LogP contribution in [0.1, 0.15) is 11.1 Å². The van der Waals surface area contributed by atoms with Crippen molar-refractivity contribution in [2.24, 2.45) is 0 Å². The number of hydrogen-bond acceptors (Lipinski definition) is 6. The number of carbonyl (C=O) groups is 1. The van der Waals surface area contributed by atoms with Gasteiger partial charge in [-0.05, 0) is 35.4 Å². The second-order valence-corrected chi connectivity index (χ2v) is 6.74. The molecule has 31 heavy (non-hydrogen) atoms. The van der Waals surface area contributed by atoms with Crippen molar-refractivity contribution in [3.05, 3.63) is 70.9 Å². The van der Waals surface area contributed by atoms with Gasteiger partial charge in [0.15, 0.2) is 5.82 Å². The lowest BCUT2D eigenvalue weighted by molar-refractivity contribution is -0.192. The molecule has 0 saturated carbocycles. The van der Waals surface area contributed by atoms with Gasteiger partial charge in [0.25, 0.3) is 0 Å². The summed E-state index contributed by atoms with van der Waals surface area (Å²) in [7, 11) is 0. The zero-order valence-electron chi connectivity index (χ0n) is 15.8. The van der Waals surface area contributed by atoms with Gasteiger partial charge in [-0.25, -0.2) is 9.78 Å². The predicted octanol–water partition coefficient (Wildman–Crippen LogP) is 5.28. The van der Waals surface area contributed by atoms with Crippen LogP contribution < -0.4 is 10.6 Å². The van der Waals surface area contributed by atoms with Crippen LogP contribution in [0.15, 0.2) is 54.7 Å². The van der Waals surface area contributed by atoms with E-state index in [4.69, 9.17) is 26.2 Å². The van der Waals surface area contributed by atoms with Crippen LogP contribution in [-0.4, -0.2) is 27.2 Å². The summed E-state index contributed by atoms with van der Waals surface area (Å²) in [5.74, 6) is -1.72. The highest BCUT2D eigenvalue weighted by atomic mass is 35.5. The second-order valence-electron chi connectivity index (χ2n) is 6.34. The highest BCUT2D eigenvalue weighted by molar-refractivity contribution is 6.32. The molecule has 0 saturated heterocycles. The third-order valence-corrected chi connectivity index (χ3v) is 4.17. The SMILES string of the molecule is Clc1cnc2nc1Nc1cccc(c1)COCc1cccc(c1)N2.O=C(O)C(F)(F)F. The lowest BCUT2D eigenvalue weighted by Crippen LogP contribution is -2.21. The Kier molecular flexibility index (Phi) is 6.93. The molecule has 1 aromatic heterocycles. The number of aromatic nitrogens is 2. The van der Waals surface area contributed by atoms with Gasteiger partial charge in [0.1, 0.15) is 5.02 Å². The van der Waals surface area contributed by atoms with Crippen molar-refractivity contribution in [1.29, 1.82) is 0 Å². The molecule has 0 unspecified atom stereocenters. The summed E-state index contributed by atoms with van der Waals surface area (Å²) in [4.78, 5) is 17.6. The van der Waals surface area contributed by atoms with E-state index in [1.165, 1.54) is 0 Å². The lowest BCUT2D eigenvalue weighted by atomic mass is 10.2. The Labute approximate surface area is 179 Å². The summed E-state index contributed by atoms with van der Waals surface area (Å²) < 4.78 is 37.6. The molecule has 7 nitrogen and oxygen atoms in total. The van der Waals surface area contributed by atoms with Crippen LogP contribution in [0.5, 0.6) is 0 Å². The second kappa shape index (κ2) is 9.63. The fraction of sp³-hybridized carbons (Fsp3) is 0.150. The van der Waals surface area contributed by atoms with E-state index in [0.29, 0.717) is 30.0 Å².